The summed E-state index contributed by atoms with van der Waals surface area (Å²) in [4.78, 5) is 40.8. The molecule has 0 saturated carbocycles. The van der Waals surface area contributed by atoms with Crippen molar-refractivity contribution in [2.24, 2.45) is 0 Å². The molecule has 0 spiro atoms. The van der Waals surface area contributed by atoms with Crippen LogP contribution in [0.4, 0.5) is 19.3 Å². The first-order valence-electron chi connectivity index (χ1n) is 13.8. The van der Waals surface area contributed by atoms with Gasteiger partial charge < -0.3 is 24.2 Å². The molecule has 0 aliphatic rings. The van der Waals surface area contributed by atoms with Crippen molar-refractivity contribution in [1.82, 2.24) is 20.6 Å². The highest BCUT2D eigenvalue weighted by Crippen LogP contribution is 2.26. The quantitative estimate of drug-likeness (QED) is 0.172. The zero-order valence-electron chi connectivity index (χ0n) is 24.7. The Balaban J connectivity index is 1.23. The summed E-state index contributed by atoms with van der Waals surface area (Å²) in [7, 11) is 0. The van der Waals surface area contributed by atoms with Gasteiger partial charge in [-0.3, -0.25) is 10.1 Å². The fraction of sp³-hybridized carbons (Fsp3) is 0.188. The highest BCUT2D eigenvalue weighted by molar-refractivity contribution is 5.95. The van der Waals surface area contributed by atoms with E-state index in [4.69, 9.17) is 13.8 Å². The maximum Gasteiger partial charge on any atom is 0.412 e. The maximum atomic E-state index is 15.2. The van der Waals surface area contributed by atoms with Gasteiger partial charge in [0, 0.05) is 29.3 Å². The van der Waals surface area contributed by atoms with E-state index in [0.29, 0.717) is 16.8 Å². The van der Waals surface area contributed by atoms with Crippen LogP contribution in [0.15, 0.2) is 81.8 Å². The maximum absolute atomic E-state index is 15.2. The third-order valence-corrected chi connectivity index (χ3v) is 6.39. The van der Waals surface area contributed by atoms with Gasteiger partial charge in [0.05, 0.1) is 5.56 Å². The Bertz CT molecular complexity index is 1880. The average Bonchev–Trinajstić information content (AvgIpc) is 3.68. The van der Waals surface area contributed by atoms with Crippen molar-refractivity contribution in [3.05, 3.63) is 95.8 Å². The number of aromatic nitrogens is 3. The van der Waals surface area contributed by atoms with Crippen LogP contribution in [-0.2, 0) is 16.0 Å². The molecule has 2 heterocycles. The lowest BCUT2D eigenvalue weighted by Gasteiger charge is -2.19. The second kappa shape index (κ2) is 13.0. The lowest BCUT2D eigenvalue weighted by Crippen LogP contribution is -2.42. The highest BCUT2D eigenvalue weighted by Gasteiger charge is 2.25. The minimum Gasteiger partial charge on any atom is -0.480 e. The van der Waals surface area contributed by atoms with E-state index in [2.05, 4.69) is 25.9 Å². The summed E-state index contributed by atoms with van der Waals surface area (Å²) in [5.41, 5.74) is 1.37. The molecule has 5 rings (SSSR count). The number of carbonyl (C=O) groups is 3. The Morgan fingerprint density at radius 2 is 1.61 bits per heavy atom. The summed E-state index contributed by atoms with van der Waals surface area (Å²) in [6.07, 6.45) is -0.860. The number of amides is 2. The number of halogens is 2. The van der Waals surface area contributed by atoms with Gasteiger partial charge in [-0.05, 0) is 87.0 Å². The van der Waals surface area contributed by atoms with E-state index >= 15 is 4.39 Å². The van der Waals surface area contributed by atoms with Crippen LogP contribution >= 0.6 is 0 Å². The summed E-state index contributed by atoms with van der Waals surface area (Å²) < 4.78 is 43.9. The number of carbonyl (C=O) groups excluding carboxylic acids is 2. The number of hydrogen-bond acceptors (Lipinski definition) is 9. The normalized spacial score (nSPS) is 11.9. The van der Waals surface area contributed by atoms with Gasteiger partial charge in [-0.25, -0.2) is 18.4 Å². The number of aliphatic carboxylic acids is 1. The highest BCUT2D eigenvalue weighted by atomic mass is 19.1. The first kappa shape index (κ1) is 31.5. The van der Waals surface area contributed by atoms with Crippen LogP contribution in [0.2, 0.25) is 0 Å². The predicted octanol–water partition coefficient (Wildman–Crippen LogP) is 6.11. The van der Waals surface area contributed by atoms with Gasteiger partial charge in [0.15, 0.2) is 0 Å². The molecule has 12 nitrogen and oxygen atoms in total. The van der Waals surface area contributed by atoms with E-state index < -0.39 is 41.2 Å². The molecule has 3 aromatic carbocycles. The van der Waals surface area contributed by atoms with E-state index in [1.165, 1.54) is 42.5 Å². The van der Waals surface area contributed by atoms with E-state index in [0.717, 1.165) is 6.07 Å². The zero-order valence-corrected chi connectivity index (χ0v) is 24.7. The molecule has 14 heteroatoms. The monoisotopic (exact) mass is 631 g/mol. The summed E-state index contributed by atoms with van der Waals surface area (Å²) in [5.74, 6) is -3.58. The Hall–Kier alpha value is -5.92. The number of nitrogens with one attached hydrogen (secondary N) is 2. The molecule has 1 atom stereocenters. The van der Waals surface area contributed by atoms with Crippen molar-refractivity contribution in [2.75, 3.05) is 5.32 Å². The number of nitrogens with zero attached hydrogens (tertiary/aromatic N) is 3. The van der Waals surface area contributed by atoms with Crippen molar-refractivity contribution in [2.45, 2.75) is 38.8 Å². The zero-order chi connectivity index (χ0) is 33.0. The van der Waals surface area contributed by atoms with E-state index in [9.17, 15) is 23.9 Å². The number of carboxylic acids is 1. The predicted molar refractivity (Wildman–Crippen MR) is 159 cm³/mol. The van der Waals surface area contributed by atoms with E-state index in [-0.39, 0.29) is 40.7 Å². The number of benzene rings is 3. The second-order valence-electron chi connectivity index (χ2n) is 11.1. The molecule has 3 N–H and O–H groups in total. The molecule has 0 radical (unpaired) electrons. The van der Waals surface area contributed by atoms with Crippen LogP contribution in [-0.4, -0.2) is 50.0 Å². The number of ether oxygens (including phenoxy) is 1. The van der Waals surface area contributed by atoms with Gasteiger partial charge in [0.2, 0.25) is 11.6 Å². The largest absolute Gasteiger partial charge is 0.480 e. The van der Waals surface area contributed by atoms with Crippen LogP contribution in [0.3, 0.4) is 0 Å². The number of hydrogen-bond donors (Lipinski definition) is 3. The van der Waals surface area contributed by atoms with Crippen LogP contribution in [0.25, 0.3) is 34.1 Å². The molecule has 2 aromatic heterocycles. The molecule has 0 fully saturated rings. The Morgan fingerprint density at radius 1 is 0.913 bits per heavy atom. The molecule has 0 saturated heterocycles. The molecule has 1 unspecified atom stereocenters. The molecule has 236 valence electrons. The Labute approximate surface area is 260 Å². The fourth-order valence-electron chi connectivity index (χ4n) is 4.24. The van der Waals surface area contributed by atoms with E-state index in [1.807, 2.05) is 0 Å². The van der Waals surface area contributed by atoms with Crippen molar-refractivity contribution in [3.8, 4) is 34.1 Å². The van der Waals surface area contributed by atoms with Crippen LogP contribution < -0.4 is 10.6 Å². The topological polar surface area (TPSA) is 170 Å². The second-order valence-corrected chi connectivity index (χ2v) is 11.1. The standard InChI is InChI=1S/C32H27F2N5O7/c1-32(2,3)44-31(43)35-21-11-7-19(8-12-21)29-37-27(39-46-29)22-13-4-17(14-23(22)34)15-25(30(41)42)36-28(40)26-16-24(38-45-26)18-5-9-20(33)10-6-18/h4-14,16,25H,15H2,1-3H3,(H,35,43)(H,36,40)(H,41,42). The van der Waals surface area contributed by atoms with Gasteiger partial charge in [-0.15, -0.1) is 0 Å². The van der Waals surface area contributed by atoms with Gasteiger partial charge in [-0.1, -0.05) is 16.4 Å². The van der Waals surface area contributed by atoms with Gasteiger partial charge in [0.25, 0.3) is 11.8 Å². The first-order valence-corrected chi connectivity index (χ1v) is 13.8. The third-order valence-electron chi connectivity index (χ3n) is 6.39. The number of carboxylic acid groups (broad SMARTS) is 1. The molecular formula is C32H27F2N5O7. The van der Waals surface area contributed by atoms with E-state index in [1.54, 1.807) is 45.0 Å². The Kier molecular flexibility index (Phi) is 8.89. The van der Waals surface area contributed by atoms with Gasteiger partial charge in [0.1, 0.15) is 29.0 Å². The molecule has 0 aliphatic heterocycles. The van der Waals surface area contributed by atoms with Crippen molar-refractivity contribution in [1.29, 1.82) is 0 Å². The third kappa shape index (κ3) is 7.77. The first-order chi connectivity index (χ1) is 21.8. The Morgan fingerprint density at radius 3 is 2.26 bits per heavy atom. The average molecular weight is 632 g/mol. The fourth-order valence-corrected chi connectivity index (χ4v) is 4.24. The lowest BCUT2D eigenvalue weighted by molar-refractivity contribution is -0.139. The molecule has 0 bridgehead atoms. The van der Waals surface area contributed by atoms with Crippen LogP contribution in [0.1, 0.15) is 36.9 Å². The summed E-state index contributed by atoms with van der Waals surface area (Å²) in [6.45, 7) is 5.25. The van der Waals surface area contributed by atoms with Crippen molar-refractivity contribution in [3.63, 3.8) is 0 Å². The summed E-state index contributed by atoms with van der Waals surface area (Å²) in [5, 5.41) is 22.3. The smallest absolute Gasteiger partial charge is 0.412 e. The van der Waals surface area contributed by atoms with Gasteiger partial charge >= 0.3 is 12.1 Å². The molecule has 2 amide bonds. The summed E-state index contributed by atoms with van der Waals surface area (Å²) in [6, 6.07) is 15.7. The van der Waals surface area contributed by atoms with Crippen LogP contribution in [0.5, 0.6) is 0 Å². The minimum atomic E-state index is -1.43. The van der Waals surface area contributed by atoms with Crippen molar-refractivity contribution >= 4 is 23.7 Å². The molecule has 0 aliphatic carbocycles. The number of rotatable bonds is 9. The van der Waals surface area contributed by atoms with Crippen molar-refractivity contribution < 1.29 is 42.1 Å². The van der Waals surface area contributed by atoms with Crippen LogP contribution in [0, 0.1) is 11.6 Å². The number of anilines is 1. The molecular weight excluding hydrogens is 604 g/mol. The lowest BCUT2D eigenvalue weighted by atomic mass is 10.0. The summed E-state index contributed by atoms with van der Waals surface area (Å²) >= 11 is 0. The SMILES string of the molecule is CC(C)(C)OC(=O)Nc1ccc(-c2nc(-c3ccc(CC(NC(=O)c4cc(-c5ccc(F)cc5)no4)C(=O)O)cc3F)no2)cc1. The molecule has 5 aromatic rings. The van der Waals surface area contributed by atoms with Gasteiger partial charge in [-0.2, -0.15) is 4.98 Å². The molecule has 46 heavy (non-hydrogen) atoms. The minimum absolute atomic E-state index is 0.00727.